The zero-order valence-corrected chi connectivity index (χ0v) is 11.6. The van der Waals surface area contributed by atoms with Crippen LogP contribution in [0.15, 0.2) is 6.07 Å². The highest BCUT2D eigenvalue weighted by atomic mass is 35.5. The van der Waals surface area contributed by atoms with Gasteiger partial charge in [-0.15, -0.1) is 24.8 Å². The first-order chi connectivity index (χ1) is 9.97. The molecule has 0 atom stereocenters. The van der Waals surface area contributed by atoms with E-state index in [0.29, 0.717) is 6.07 Å². The van der Waals surface area contributed by atoms with E-state index < -0.39 is 47.9 Å². The monoisotopic (exact) mass is 351 g/mol. The maximum Gasteiger partial charge on any atom is 0.574 e. The summed E-state index contributed by atoms with van der Waals surface area (Å²) in [6, 6.07) is 0.591. The Labute approximate surface area is 125 Å². The van der Waals surface area contributed by atoms with Crippen LogP contribution < -0.4 is 4.74 Å². The number of methoxy groups -OCH3 is 1. The van der Waals surface area contributed by atoms with Crippen molar-refractivity contribution >= 4 is 17.6 Å². The van der Waals surface area contributed by atoms with E-state index in [0.717, 1.165) is 7.11 Å². The van der Waals surface area contributed by atoms with E-state index in [9.17, 15) is 31.1 Å². The summed E-state index contributed by atoms with van der Waals surface area (Å²) in [5.41, 5.74) is -2.71. The highest BCUT2D eigenvalue weighted by molar-refractivity contribution is 6.17. The number of aromatic nitrogens is 1. The lowest BCUT2D eigenvalue weighted by Crippen LogP contribution is -2.22. The van der Waals surface area contributed by atoms with Gasteiger partial charge in [0.05, 0.1) is 13.5 Å². The number of carbonyl (C=O) groups excluding carboxylic acids is 1. The van der Waals surface area contributed by atoms with E-state index in [1.165, 1.54) is 0 Å². The summed E-state index contributed by atoms with van der Waals surface area (Å²) >= 11 is 5.44. The Morgan fingerprint density at radius 3 is 2.27 bits per heavy atom. The van der Waals surface area contributed by atoms with Crippen LogP contribution in [-0.2, 0) is 28.0 Å². The molecule has 0 saturated heterocycles. The van der Waals surface area contributed by atoms with Gasteiger partial charge in [0.2, 0.25) is 5.88 Å². The van der Waals surface area contributed by atoms with E-state index in [4.69, 9.17) is 11.6 Å². The average molecular weight is 352 g/mol. The Kier molecular flexibility index (Phi) is 5.49. The van der Waals surface area contributed by atoms with Gasteiger partial charge in [-0.2, -0.15) is 13.2 Å². The fraction of sp³-hybridized carbons (Fsp3) is 0.455. The average Bonchev–Trinajstić information content (AvgIpc) is 2.36. The van der Waals surface area contributed by atoms with Gasteiger partial charge in [0, 0.05) is 11.9 Å². The van der Waals surface area contributed by atoms with Crippen molar-refractivity contribution in [3.8, 4) is 5.88 Å². The summed E-state index contributed by atoms with van der Waals surface area (Å²) in [5, 5.41) is 0. The van der Waals surface area contributed by atoms with Crippen molar-refractivity contribution in [3.63, 3.8) is 0 Å². The van der Waals surface area contributed by atoms with Gasteiger partial charge in [-0.3, -0.25) is 4.79 Å². The molecule has 0 unspecified atom stereocenters. The first-order valence-corrected chi connectivity index (χ1v) is 6.00. The van der Waals surface area contributed by atoms with Crippen LogP contribution in [0.1, 0.15) is 16.8 Å². The van der Waals surface area contributed by atoms with E-state index in [2.05, 4.69) is 14.5 Å². The number of esters is 1. The molecule has 1 aromatic rings. The quantitative estimate of drug-likeness (QED) is 0.473. The highest BCUT2D eigenvalue weighted by Crippen LogP contribution is 2.35. The van der Waals surface area contributed by atoms with Gasteiger partial charge in [-0.05, 0) is 11.1 Å². The van der Waals surface area contributed by atoms with Crippen LogP contribution in [0, 0.1) is 0 Å². The van der Waals surface area contributed by atoms with E-state index in [1.807, 2.05) is 0 Å². The second kappa shape index (κ2) is 6.59. The summed E-state index contributed by atoms with van der Waals surface area (Å²) in [4.78, 5) is 14.0. The summed E-state index contributed by atoms with van der Waals surface area (Å²) in [6.07, 6.45) is -11.2. The molecule has 0 N–H and O–H groups in total. The molecule has 124 valence electrons. The van der Waals surface area contributed by atoms with Crippen LogP contribution in [0.2, 0.25) is 0 Å². The van der Waals surface area contributed by atoms with Gasteiger partial charge >= 0.3 is 18.5 Å². The first-order valence-electron chi connectivity index (χ1n) is 5.46. The van der Waals surface area contributed by atoms with Crippen LogP contribution in [0.5, 0.6) is 5.88 Å². The molecule has 0 aliphatic rings. The lowest BCUT2D eigenvalue weighted by molar-refractivity contribution is -0.276. The van der Waals surface area contributed by atoms with Crippen LogP contribution in [0.3, 0.4) is 0 Å². The second-order valence-electron chi connectivity index (χ2n) is 3.88. The van der Waals surface area contributed by atoms with Crippen molar-refractivity contribution in [3.05, 3.63) is 22.9 Å². The van der Waals surface area contributed by atoms with Crippen molar-refractivity contribution in [2.45, 2.75) is 24.8 Å². The van der Waals surface area contributed by atoms with Gasteiger partial charge < -0.3 is 9.47 Å². The number of alkyl halides is 7. The van der Waals surface area contributed by atoms with E-state index >= 15 is 0 Å². The topological polar surface area (TPSA) is 48.4 Å². The lowest BCUT2D eigenvalue weighted by atomic mass is 10.0. The van der Waals surface area contributed by atoms with E-state index in [1.54, 1.807) is 0 Å². The molecule has 1 rings (SSSR count). The molecule has 1 aromatic heterocycles. The van der Waals surface area contributed by atoms with Gasteiger partial charge in [0.25, 0.3) is 0 Å². The van der Waals surface area contributed by atoms with Crippen molar-refractivity contribution in [2.24, 2.45) is 0 Å². The summed E-state index contributed by atoms with van der Waals surface area (Å²) in [6.45, 7) is 0. The number of hydrogen-bond acceptors (Lipinski definition) is 4. The summed E-state index contributed by atoms with van der Waals surface area (Å²) in [7, 11) is 0.949. The Hall–Kier alpha value is -1.71. The molecule has 0 amide bonds. The predicted octanol–water partition coefficient (Wildman–Crippen LogP) is 3.45. The Morgan fingerprint density at radius 2 is 1.86 bits per heavy atom. The molecule has 0 saturated carbocycles. The minimum Gasteiger partial charge on any atom is -0.469 e. The van der Waals surface area contributed by atoms with Gasteiger partial charge in [-0.25, -0.2) is 4.98 Å². The minimum atomic E-state index is -5.22. The molecule has 1 heterocycles. The highest BCUT2D eigenvalue weighted by Gasteiger charge is 2.39. The van der Waals surface area contributed by atoms with Crippen LogP contribution >= 0.6 is 11.6 Å². The number of halogens is 7. The van der Waals surface area contributed by atoms with Gasteiger partial charge in [0.1, 0.15) is 0 Å². The first kappa shape index (κ1) is 18.3. The molecule has 0 bridgehead atoms. The minimum absolute atomic E-state index is 0.367. The molecule has 11 heteroatoms. The smallest absolute Gasteiger partial charge is 0.469 e. The molecule has 0 spiro atoms. The number of rotatable bonds is 4. The maximum absolute atomic E-state index is 12.9. The molecule has 4 nitrogen and oxygen atoms in total. The fourth-order valence-corrected chi connectivity index (χ4v) is 1.77. The lowest BCUT2D eigenvalue weighted by Gasteiger charge is -2.17. The van der Waals surface area contributed by atoms with Crippen LogP contribution in [0.4, 0.5) is 26.3 Å². The van der Waals surface area contributed by atoms with Crippen molar-refractivity contribution in [2.75, 3.05) is 7.11 Å². The van der Waals surface area contributed by atoms with Crippen molar-refractivity contribution in [1.82, 2.24) is 4.98 Å². The molecule has 0 aromatic carbocycles. The largest absolute Gasteiger partial charge is 0.574 e. The molecular weight excluding hydrogens is 344 g/mol. The Balaban J connectivity index is 3.44. The molecule has 22 heavy (non-hydrogen) atoms. The second-order valence-corrected chi connectivity index (χ2v) is 4.15. The summed E-state index contributed by atoms with van der Waals surface area (Å²) < 4.78 is 82.8. The molecule has 0 aliphatic carbocycles. The van der Waals surface area contributed by atoms with Crippen molar-refractivity contribution in [1.29, 1.82) is 0 Å². The predicted molar refractivity (Wildman–Crippen MR) is 61.2 cm³/mol. The van der Waals surface area contributed by atoms with Gasteiger partial charge in [-0.1, -0.05) is 0 Å². The van der Waals surface area contributed by atoms with Crippen molar-refractivity contribution < 1.29 is 40.6 Å². The standard InChI is InChI=1S/C11H8ClF6NO3/c1-21-8(20)3-6-5(4-12)2-7(22-11(16,17)18)19-9(6)10(13,14)15/h2H,3-4H2,1H3. The van der Waals surface area contributed by atoms with Crippen LogP contribution in [0.25, 0.3) is 0 Å². The number of carbonyl (C=O) groups is 1. The Bertz CT molecular complexity index is 558. The number of pyridine rings is 1. The third-order valence-corrected chi connectivity index (χ3v) is 2.66. The third kappa shape index (κ3) is 4.93. The molecule has 0 aliphatic heterocycles. The summed E-state index contributed by atoms with van der Waals surface area (Å²) in [5.74, 6) is -2.92. The number of hydrogen-bond donors (Lipinski definition) is 0. The van der Waals surface area contributed by atoms with Gasteiger partial charge in [0.15, 0.2) is 5.69 Å². The zero-order chi connectivity index (χ0) is 17.1. The molecular formula is C11H8ClF6NO3. The zero-order valence-electron chi connectivity index (χ0n) is 10.8. The fourth-order valence-electron chi connectivity index (χ4n) is 1.54. The van der Waals surface area contributed by atoms with E-state index in [-0.39, 0.29) is 5.56 Å². The van der Waals surface area contributed by atoms with Crippen LogP contribution in [-0.4, -0.2) is 24.4 Å². The third-order valence-electron chi connectivity index (χ3n) is 2.37. The SMILES string of the molecule is COC(=O)Cc1c(CCl)cc(OC(F)(F)F)nc1C(F)(F)F. The number of ether oxygens (including phenoxy) is 2. The Morgan fingerprint density at radius 1 is 1.27 bits per heavy atom. The molecule has 0 fully saturated rings. The number of nitrogens with zero attached hydrogens (tertiary/aromatic N) is 1. The maximum atomic E-state index is 12.9. The molecule has 0 radical (unpaired) electrons. The normalized spacial score (nSPS) is 12.2.